The number of aryl methyl sites for hydroxylation is 1. The Morgan fingerprint density at radius 2 is 1.32 bits per heavy atom. The van der Waals surface area contributed by atoms with Crippen molar-refractivity contribution >= 4 is 60.5 Å². The average Bonchev–Trinajstić information content (AvgIpc) is 3.92. The number of hydrogen-bond donors (Lipinski definition) is 0. The van der Waals surface area contributed by atoms with E-state index in [1.54, 1.807) is 0 Å². The minimum atomic E-state index is 0.225. The summed E-state index contributed by atoms with van der Waals surface area (Å²) in [6, 6.07) is 61.1. The zero-order valence-corrected chi connectivity index (χ0v) is 30.1. The van der Waals surface area contributed by atoms with Gasteiger partial charge in [0.25, 0.3) is 0 Å². The fourth-order valence-electron chi connectivity index (χ4n) is 8.78. The van der Waals surface area contributed by atoms with Crippen LogP contribution in [-0.4, -0.2) is 4.57 Å². The van der Waals surface area contributed by atoms with Crippen LogP contribution in [0.25, 0.3) is 65.9 Å². The van der Waals surface area contributed by atoms with Gasteiger partial charge in [0, 0.05) is 37.4 Å². The van der Waals surface area contributed by atoms with E-state index in [-0.39, 0.29) is 6.04 Å². The van der Waals surface area contributed by atoms with Crippen molar-refractivity contribution in [2.24, 2.45) is 0 Å². The molecule has 1 aliphatic carbocycles. The van der Waals surface area contributed by atoms with Gasteiger partial charge in [-0.1, -0.05) is 121 Å². The van der Waals surface area contributed by atoms with Gasteiger partial charge in [0.05, 0.1) is 17.3 Å². The van der Waals surface area contributed by atoms with E-state index in [1.807, 2.05) is 11.3 Å². The Morgan fingerprint density at radius 1 is 0.566 bits per heavy atom. The summed E-state index contributed by atoms with van der Waals surface area (Å²) in [6.07, 6.45) is 7.89. The van der Waals surface area contributed by atoms with Crippen molar-refractivity contribution in [3.8, 4) is 28.1 Å². The second-order valence-electron chi connectivity index (χ2n) is 14.4. The van der Waals surface area contributed by atoms with Gasteiger partial charge in [-0.3, -0.25) is 0 Å². The largest absolute Gasteiger partial charge is 0.333 e. The molecule has 0 amide bonds. The third kappa shape index (κ3) is 5.07. The van der Waals surface area contributed by atoms with Crippen LogP contribution in [0.5, 0.6) is 0 Å². The van der Waals surface area contributed by atoms with Crippen molar-refractivity contribution in [2.45, 2.75) is 25.3 Å². The molecule has 7 aromatic carbocycles. The molecular weight excluding hydrogens is 661 g/mol. The first-order valence-electron chi connectivity index (χ1n) is 18.6. The summed E-state index contributed by atoms with van der Waals surface area (Å²) >= 11 is 1.95. The molecular formula is C50H36N2S. The quantitative estimate of drug-likeness (QED) is 0.174. The van der Waals surface area contributed by atoms with Crippen molar-refractivity contribution in [3.05, 3.63) is 191 Å². The molecule has 0 spiro atoms. The van der Waals surface area contributed by atoms with E-state index >= 15 is 0 Å². The van der Waals surface area contributed by atoms with Crippen LogP contribution in [0.2, 0.25) is 0 Å². The smallest absolute Gasteiger partial charge is 0.0632 e. The number of benzene rings is 7. The van der Waals surface area contributed by atoms with E-state index < -0.39 is 0 Å². The van der Waals surface area contributed by atoms with Gasteiger partial charge in [0.2, 0.25) is 0 Å². The van der Waals surface area contributed by atoms with Crippen molar-refractivity contribution in [1.82, 2.24) is 4.57 Å². The van der Waals surface area contributed by atoms with Crippen molar-refractivity contribution < 1.29 is 0 Å². The first-order chi connectivity index (χ1) is 26.2. The van der Waals surface area contributed by atoms with Crippen LogP contribution in [0.15, 0.2) is 170 Å². The molecule has 1 atom stereocenters. The molecule has 3 heterocycles. The van der Waals surface area contributed by atoms with Crippen molar-refractivity contribution in [2.75, 3.05) is 4.90 Å². The molecule has 0 saturated carbocycles. The highest BCUT2D eigenvalue weighted by atomic mass is 32.1. The number of nitrogens with zero attached hydrogens (tertiary/aromatic N) is 2. The second-order valence-corrected chi connectivity index (χ2v) is 15.6. The van der Waals surface area contributed by atoms with Crippen LogP contribution in [0.4, 0.5) is 11.4 Å². The highest BCUT2D eigenvalue weighted by Crippen LogP contribution is 2.47. The second kappa shape index (κ2) is 12.2. The van der Waals surface area contributed by atoms with Crippen LogP contribution < -0.4 is 4.90 Å². The average molecular weight is 697 g/mol. The van der Waals surface area contributed by atoms with Crippen LogP contribution >= 0.6 is 11.3 Å². The van der Waals surface area contributed by atoms with Crippen molar-refractivity contribution in [1.29, 1.82) is 0 Å². The van der Waals surface area contributed by atoms with Gasteiger partial charge in [-0.2, -0.15) is 0 Å². The van der Waals surface area contributed by atoms with Gasteiger partial charge in [-0.05, 0) is 118 Å². The summed E-state index contributed by atoms with van der Waals surface area (Å²) in [5.74, 6) is 0. The van der Waals surface area contributed by atoms with Gasteiger partial charge in [-0.15, -0.1) is 11.3 Å². The maximum Gasteiger partial charge on any atom is 0.0632 e. The van der Waals surface area contributed by atoms with Crippen molar-refractivity contribution in [3.63, 3.8) is 0 Å². The lowest BCUT2D eigenvalue weighted by molar-refractivity contribution is 0.743. The zero-order valence-electron chi connectivity index (χ0n) is 29.2. The molecule has 9 aromatic rings. The molecule has 53 heavy (non-hydrogen) atoms. The molecule has 0 fully saturated rings. The topological polar surface area (TPSA) is 8.17 Å². The predicted molar refractivity (Wildman–Crippen MR) is 226 cm³/mol. The Morgan fingerprint density at radius 3 is 2.21 bits per heavy atom. The molecule has 1 aliphatic heterocycles. The van der Waals surface area contributed by atoms with E-state index in [2.05, 4.69) is 185 Å². The summed E-state index contributed by atoms with van der Waals surface area (Å²) in [4.78, 5) is 4.06. The molecule has 0 saturated heterocycles. The third-order valence-corrected chi connectivity index (χ3v) is 12.6. The highest BCUT2D eigenvalue weighted by Gasteiger charge is 2.32. The SMILES string of the molecule is C1=Cc2c(sc3ccc(-n4c(-c5ccccc5)cc5ccc(-c6ccc7c(c6)CC(c6ccccc6)N7c6ccc7ccccc7c6)cc54)cc23)CC1. The lowest BCUT2D eigenvalue weighted by Gasteiger charge is -2.28. The predicted octanol–water partition coefficient (Wildman–Crippen LogP) is 13.7. The van der Waals surface area contributed by atoms with Gasteiger partial charge < -0.3 is 9.47 Å². The van der Waals surface area contributed by atoms with Crippen LogP contribution in [0, 0.1) is 0 Å². The van der Waals surface area contributed by atoms with E-state index in [9.17, 15) is 0 Å². The number of hydrogen-bond acceptors (Lipinski definition) is 2. The summed E-state index contributed by atoms with van der Waals surface area (Å²) in [6.45, 7) is 0. The molecule has 0 N–H and O–H groups in total. The summed E-state index contributed by atoms with van der Waals surface area (Å²) in [5, 5.41) is 5.14. The fourth-order valence-corrected chi connectivity index (χ4v) is 9.97. The number of thiophene rings is 1. The van der Waals surface area contributed by atoms with E-state index in [1.165, 1.54) is 92.8 Å². The number of allylic oxidation sites excluding steroid dienone is 1. The lowest BCUT2D eigenvalue weighted by atomic mass is 9.98. The van der Waals surface area contributed by atoms with Crippen LogP contribution in [0.1, 0.15) is 34.0 Å². The number of anilines is 2. The Balaban J connectivity index is 1.05. The highest BCUT2D eigenvalue weighted by molar-refractivity contribution is 7.19. The Labute approximate surface area is 313 Å². The monoisotopic (exact) mass is 696 g/mol. The number of fused-ring (bicyclic) bond motifs is 6. The van der Waals surface area contributed by atoms with Gasteiger partial charge in [0.1, 0.15) is 0 Å². The van der Waals surface area contributed by atoms with Crippen LogP contribution in [0.3, 0.4) is 0 Å². The zero-order chi connectivity index (χ0) is 34.9. The standard InChI is InChI=1S/C50H36N2S/c1-3-12-34(13-4-1)46-30-39-20-19-38(29-48(39)52(46)42-24-26-50-44(32-42)43-17-9-10-18-49(43)53-50)37-22-25-45-40(27-37)31-47(35-14-5-2-6-15-35)51(45)41-23-21-33-11-7-8-16-36(33)28-41/h1-9,11-17,19-30,32,47H,10,18,31H2. The Hall–Kier alpha value is -6.16. The first kappa shape index (κ1) is 30.5. The summed E-state index contributed by atoms with van der Waals surface area (Å²) in [7, 11) is 0. The maximum atomic E-state index is 2.55. The number of rotatable bonds is 5. The molecule has 2 nitrogen and oxygen atoms in total. The Kier molecular flexibility index (Phi) is 7.03. The third-order valence-electron chi connectivity index (χ3n) is 11.3. The normalized spacial score (nSPS) is 15.0. The van der Waals surface area contributed by atoms with Gasteiger partial charge in [-0.25, -0.2) is 0 Å². The van der Waals surface area contributed by atoms with E-state index in [0.717, 1.165) is 19.3 Å². The molecule has 2 aromatic heterocycles. The molecule has 3 heteroatoms. The molecule has 252 valence electrons. The minimum Gasteiger partial charge on any atom is -0.333 e. The summed E-state index contributed by atoms with van der Waals surface area (Å²) in [5.41, 5.74) is 14.0. The molecule has 11 rings (SSSR count). The first-order valence-corrected chi connectivity index (χ1v) is 19.5. The molecule has 0 bridgehead atoms. The number of aromatic nitrogens is 1. The van der Waals surface area contributed by atoms with Gasteiger partial charge in [0.15, 0.2) is 0 Å². The molecule has 0 radical (unpaired) electrons. The Bertz CT molecular complexity index is 2880. The lowest BCUT2D eigenvalue weighted by Crippen LogP contribution is -2.19. The molecule has 2 aliphatic rings. The van der Waals surface area contributed by atoms with Gasteiger partial charge >= 0.3 is 0 Å². The van der Waals surface area contributed by atoms with E-state index in [4.69, 9.17) is 0 Å². The fraction of sp³-hybridized carbons (Fsp3) is 0.0800. The minimum absolute atomic E-state index is 0.225. The summed E-state index contributed by atoms with van der Waals surface area (Å²) < 4.78 is 3.85. The van der Waals surface area contributed by atoms with Crippen LogP contribution in [-0.2, 0) is 12.8 Å². The molecule has 1 unspecified atom stereocenters. The van der Waals surface area contributed by atoms with E-state index in [0.29, 0.717) is 0 Å². The maximum absolute atomic E-state index is 2.55.